The van der Waals surface area contributed by atoms with Crippen molar-refractivity contribution >= 4 is 21.8 Å². The molecule has 0 aromatic heterocycles. The molecule has 0 fully saturated rings. The molecule has 0 spiro atoms. The van der Waals surface area contributed by atoms with E-state index in [0.29, 0.717) is 13.0 Å². The van der Waals surface area contributed by atoms with Crippen LogP contribution >= 0.6 is 0 Å². The van der Waals surface area contributed by atoms with Crippen LogP contribution in [0.5, 0.6) is 0 Å². The predicted molar refractivity (Wildman–Crippen MR) is 87.1 cm³/mol. The van der Waals surface area contributed by atoms with Crippen molar-refractivity contribution in [2.24, 2.45) is 5.14 Å². The van der Waals surface area contributed by atoms with E-state index in [1.807, 2.05) is 13.8 Å². The first kappa shape index (κ1) is 19.1. The maximum Gasteiger partial charge on any atom is 0.239 e. The summed E-state index contributed by atoms with van der Waals surface area (Å²) in [5.74, 6) is -0.398. The van der Waals surface area contributed by atoms with Gasteiger partial charge >= 0.3 is 0 Å². The van der Waals surface area contributed by atoms with Crippen LogP contribution in [0, 0.1) is 0 Å². The zero-order valence-electron chi connectivity index (χ0n) is 13.6. The summed E-state index contributed by atoms with van der Waals surface area (Å²) in [6.07, 6.45) is 0.513. The van der Waals surface area contributed by atoms with Gasteiger partial charge in [-0.15, -0.1) is 0 Å². The lowest BCUT2D eigenvalue weighted by Crippen LogP contribution is -2.42. The summed E-state index contributed by atoms with van der Waals surface area (Å²) in [6.45, 7) is 5.48. The average Bonchev–Trinajstić information content (AvgIpc) is 2.41. The number of nitrogens with one attached hydrogen (secondary N) is 1. The maximum atomic E-state index is 11.7. The molecule has 128 valence electrons. The van der Waals surface area contributed by atoms with Crippen LogP contribution in [-0.4, -0.2) is 44.3 Å². The Kier molecular flexibility index (Phi) is 6.71. The van der Waals surface area contributed by atoms with E-state index in [0.717, 1.165) is 5.56 Å². The number of sulfonamides is 1. The standard InChI is InChI=1S/C15H23N3O4S/c1-11(2)17-15(20)10-18(12(3)19)9-8-13-4-6-14(7-5-13)23(16,21)22/h4-7,11H,8-10H2,1-3H3,(H,17,20)(H2,16,21,22). The summed E-state index contributed by atoms with van der Waals surface area (Å²) in [6, 6.07) is 6.16. The zero-order chi connectivity index (χ0) is 17.6. The molecule has 8 heteroatoms. The maximum absolute atomic E-state index is 11.7. The Morgan fingerprint density at radius 1 is 1.22 bits per heavy atom. The minimum Gasteiger partial charge on any atom is -0.352 e. The summed E-state index contributed by atoms with van der Waals surface area (Å²) >= 11 is 0. The lowest BCUT2D eigenvalue weighted by molar-refractivity contribution is -0.134. The van der Waals surface area contributed by atoms with Gasteiger partial charge in [0.05, 0.1) is 11.4 Å². The molecule has 0 radical (unpaired) electrons. The number of hydrogen-bond donors (Lipinski definition) is 2. The van der Waals surface area contributed by atoms with E-state index in [2.05, 4.69) is 5.32 Å². The van der Waals surface area contributed by atoms with E-state index in [-0.39, 0.29) is 29.3 Å². The molecule has 0 saturated carbocycles. The molecule has 0 saturated heterocycles. The monoisotopic (exact) mass is 341 g/mol. The van der Waals surface area contributed by atoms with Crippen LogP contribution in [0.15, 0.2) is 29.2 Å². The van der Waals surface area contributed by atoms with Crippen LogP contribution in [0.3, 0.4) is 0 Å². The van der Waals surface area contributed by atoms with Crippen molar-refractivity contribution in [2.75, 3.05) is 13.1 Å². The average molecular weight is 341 g/mol. The van der Waals surface area contributed by atoms with Gasteiger partial charge in [0.15, 0.2) is 0 Å². The number of primary sulfonamides is 1. The molecule has 7 nitrogen and oxygen atoms in total. The van der Waals surface area contributed by atoms with Gasteiger partial charge in [0.2, 0.25) is 21.8 Å². The molecule has 0 bridgehead atoms. The largest absolute Gasteiger partial charge is 0.352 e. The van der Waals surface area contributed by atoms with Crippen LogP contribution in [0.4, 0.5) is 0 Å². The van der Waals surface area contributed by atoms with Crippen molar-refractivity contribution in [3.05, 3.63) is 29.8 Å². The normalized spacial score (nSPS) is 11.3. The summed E-state index contributed by atoms with van der Waals surface area (Å²) in [5.41, 5.74) is 0.855. The number of hydrogen-bond acceptors (Lipinski definition) is 4. The Morgan fingerprint density at radius 2 is 1.78 bits per heavy atom. The van der Waals surface area contributed by atoms with Gasteiger partial charge in [0.1, 0.15) is 0 Å². The smallest absolute Gasteiger partial charge is 0.239 e. The van der Waals surface area contributed by atoms with Crippen LogP contribution in [0.25, 0.3) is 0 Å². The molecular formula is C15H23N3O4S. The fraction of sp³-hybridized carbons (Fsp3) is 0.467. The Labute approximate surface area is 136 Å². The number of carbonyl (C=O) groups is 2. The number of benzene rings is 1. The van der Waals surface area contributed by atoms with Crippen molar-refractivity contribution in [1.29, 1.82) is 0 Å². The molecule has 1 aromatic rings. The third-order valence-electron chi connectivity index (χ3n) is 3.15. The Morgan fingerprint density at radius 3 is 2.22 bits per heavy atom. The van der Waals surface area contributed by atoms with Gasteiger partial charge < -0.3 is 10.2 Å². The molecule has 23 heavy (non-hydrogen) atoms. The first-order chi connectivity index (χ1) is 10.6. The van der Waals surface area contributed by atoms with Crippen LogP contribution < -0.4 is 10.5 Å². The fourth-order valence-electron chi connectivity index (χ4n) is 2.00. The number of carbonyl (C=O) groups excluding carboxylic acids is 2. The SMILES string of the molecule is CC(=O)N(CCc1ccc(S(N)(=O)=O)cc1)CC(=O)NC(C)C. The van der Waals surface area contributed by atoms with Crippen molar-refractivity contribution in [2.45, 2.75) is 38.1 Å². The summed E-state index contributed by atoms with van der Waals surface area (Å²) < 4.78 is 22.4. The van der Waals surface area contributed by atoms with E-state index in [1.165, 1.54) is 24.0 Å². The summed E-state index contributed by atoms with van der Waals surface area (Å²) in [5, 5.41) is 7.78. The van der Waals surface area contributed by atoms with Crippen molar-refractivity contribution in [1.82, 2.24) is 10.2 Å². The highest BCUT2D eigenvalue weighted by molar-refractivity contribution is 7.89. The van der Waals surface area contributed by atoms with Crippen LogP contribution in [-0.2, 0) is 26.0 Å². The van der Waals surface area contributed by atoms with Crippen molar-refractivity contribution < 1.29 is 18.0 Å². The third-order valence-corrected chi connectivity index (χ3v) is 4.08. The van der Waals surface area contributed by atoms with Crippen molar-refractivity contribution in [3.8, 4) is 0 Å². The van der Waals surface area contributed by atoms with Gasteiger partial charge in [0.25, 0.3) is 0 Å². The molecular weight excluding hydrogens is 318 g/mol. The van der Waals surface area contributed by atoms with Gasteiger partial charge in [-0.25, -0.2) is 13.6 Å². The molecule has 0 heterocycles. The summed E-state index contributed by atoms with van der Waals surface area (Å²) in [4.78, 5) is 24.9. The van der Waals surface area contributed by atoms with Crippen LogP contribution in [0.1, 0.15) is 26.3 Å². The van der Waals surface area contributed by atoms with Gasteiger partial charge in [-0.1, -0.05) is 12.1 Å². The Balaban J connectivity index is 2.65. The lowest BCUT2D eigenvalue weighted by Gasteiger charge is -2.21. The molecule has 0 unspecified atom stereocenters. The van der Waals surface area contributed by atoms with Gasteiger partial charge in [-0.05, 0) is 38.0 Å². The molecule has 0 aliphatic rings. The second-order valence-electron chi connectivity index (χ2n) is 5.60. The van der Waals surface area contributed by atoms with Crippen LogP contribution in [0.2, 0.25) is 0 Å². The topological polar surface area (TPSA) is 110 Å². The van der Waals surface area contributed by atoms with E-state index in [9.17, 15) is 18.0 Å². The van der Waals surface area contributed by atoms with E-state index in [1.54, 1.807) is 12.1 Å². The number of nitrogens with two attached hydrogens (primary N) is 1. The Hall–Kier alpha value is -1.93. The number of amides is 2. The molecule has 3 N–H and O–H groups in total. The number of rotatable bonds is 7. The van der Waals surface area contributed by atoms with Gasteiger partial charge in [-0.2, -0.15) is 0 Å². The molecule has 1 aromatic carbocycles. The van der Waals surface area contributed by atoms with Gasteiger partial charge in [-0.3, -0.25) is 9.59 Å². The molecule has 1 rings (SSSR count). The minimum absolute atomic E-state index is 0.00275. The second kappa shape index (κ2) is 8.07. The molecule has 0 aliphatic carbocycles. The Bertz CT molecular complexity index is 654. The first-order valence-electron chi connectivity index (χ1n) is 7.26. The lowest BCUT2D eigenvalue weighted by atomic mass is 10.1. The van der Waals surface area contributed by atoms with Crippen molar-refractivity contribution in [3.63, 3.8) is 0 Å². The predicted octanol–water partition coefficient (Wildman–Crippen LogP) is 0.250. The molecule has 2 amide bonds. The highest BCUT2D eigenvalue weighted by Gasteiger charge is 2.14. The highest BCUT2D eigenvalue weighted by atomic mass is 32.2. The first-order valence-corrected chi connectivity index (χ1v) is 8.81. The van der Waals surface area contributed by atoms with E-state index in [4.69, 9.17) is 5.14 Å². The third kappa shape index (κ3) is 6.79. The quantitative estimate of drug-likeness (QED) is 0.741. The second-order valence-corrected chi connectivity index (χ2v) is 7.16. The highest BCUT2D eigenvalue weighted by Crippen LogP contribution is 2.09. The summed E-state index contributed by atoms with van der Waals surface area (Å²) in [7, 11) is -3.71. The van der Waals surface area contributed by atoms with E-state index >= 15 is 0 Å². The number of nitrogens with zero attached hydrogens (tertiary/aromatic N) is 1. The minimum atomic E-state index is -3.71. The fourth-order valence-corrected chi connectivity index (χ4v) is 2.51. The van der Waals surface area contributed by atoms with Gasteiger partial charge in [0, 0.05) is 19.5 Å². The molecule has 0 atom stereocenters. The zero-order valence-corrected chi connectivity index (χ0v) is 14.4. The molecule has 0 aliphatic heterocycles. The van der Waals surface area contributed by atoms with E-state index < -0.39 is 10.0 Å².